The minimum Gasteiger partial charge on any atom is -0.207 e. The Bertz CT molecular complexity index is 375. The maximum Gasteiger partial charge on any atom is 0.244 e. The number of hydrogen-bond donors (Lipinski definition) is 0. The standard InChI is InChI=1S/C10H13Cl2N3S/c1-6-3-2-4-7(5-6)16-9-8(11)14-15-10(12)13-9/h6-7H,2-5H2,1H3. The van der Waals surface area contributed by atoms with Crippen molar-refractivity contribution < 1.29 is 0 Å². The first kappa shape index (κ1) is 12.4. The Morgan fingerprint density at radius 2 is 2.06 bits per heavy atom. The molecule has 0 spiro atoms. The third kappa shape index (κ3) is 3.22. The first-order valence-electron chi connectivity index (χ1n) is 5.37. The Kier molecular flexibility index (Phi) is 4.27. The molecule has 16 heavy (non-hydrogen) atoms. The lowest BCUT2D eigenvalue weighted by atomic mass is 9.91. The number of thioether (sulfide) groups is 1. The van der Waals surface area contributed by atoms with Crippen molar-refractivity contribution in [3.05, 3.63) is 10.4 Å². The zero-order valence-electron chi connectivity index (χ0n) is 8.99. The van der Waals surface area contributed by atoms with Crippen LogP contribution in [0.2, 0.25) is 10.4 Å². The Morgan fingerprint density at radius 3 is 2.81 bits per heavy atom. The molecule has 0 radical (unpaired) electrons. The first-order chi connectivity index (χ1) is 7.65. The first-order valence-corrected chi connectivity index (χ1v) is 7.01. The Labute approximate surface area is 109 Å². The average Bonchev–Trinajstić information content (AvgIpc) is 2.24. The topological polar surface area (TPSA) is 38.7 Å². The summed E-state index contributed by atoms with van der Waals surface area (Å²) in [6, 6.07) is 0. The maximum atomic E-state index is 5.94. The van der Waals surface area contributed by atoms with Gasteiger partial charge in [0.25, 0.3) is 0 Å². The van der Waals surface area contributed by atoms with Crippen LogP contribution in [0.3, 0.4) is 0 Å². The van der Waals surface area contributed by atoms with Gasteiger partial charge in [-0.2, -0.15) is 0 Å². The van der Waals surface area contributed by atoms with Crippen molar-refractivity contribution in [2.75, 3.05) is 0 Å². The Hall–Kier alpha value is -0.0600. The number of halogens is 2. The molecule has 0 amide bonds. The molecule has 1 aliphatic carbocycles. The van der Waals surface area contributed by atoms with Crippen molar-refractivity contribution in [1.29, 1.82) is 0 Å². The zero-order chi connectivity index (χ0) is 11.5. The van der Waals surface area contributed by atoms with E-state index >= 15 is 0 Å². The van der Waals surface area contributed by atoms with Gasteiger partial charge in [-0.05, 0) is 30.4 Å². The quantitative estimate of drug-likeness (QED) is 0.823. The summed E-state index contributed by atoms with van der Waals surface area (Å²) in [4.78, 5) is 4.11. The Morgan fingerprint density at radius 1 is 1.25 bits per heavy atom. The second-order valence-electron chi connectivity index (χ2n) is 4.19. The normalized spacial score (nSPS) is 25.7. The van der Waals surface area contributed by atoms with Crippen molar-refractivity contribution in [3.63, 3.8) is 0 Å². The summed E-state index contributed by atoms with van der Waals surface area (Å²) in [7, 11) is 0. The van der Waals surface area contributed by atoms with Gasteiger partial charge >= 0.3 is 0 Å². The minimum atomic E-state index is 0.163. The second kappa shape index (κ2) is 5.52. The lowest BCUT2D eigenvalue weighted by Crippen LogP contribution is -2.15. The molecule has 88 valence electrons. The highest BCUT2D eigenvalue weighted by atomic mass is 35.5. The van der Waals surface area contributed by atoms with Gasteiger partial charge < -0.3 is 0 Å². The van der Waals surface area contributed by atoms with Gasteiger partial charge in [0.1, 0.15) is 5.03 Å². The molecule has 1 aliphatic rings. The zero-order valence-corrected chi connectivity index (χ0v) is 11.3. The van der Waals surface area contributed by atoms with Crippen LogP contribution in [0.5, 0.6) is 0 Å². The molecule has 1 aromatic rings. The monoisotopic (exact) mass is 277 g/mol. The summed E-state index contributed by atoms with van der Waals surface area (Å²) in [5, 5.41) is 9.17. The molecule has 0 bridgehead atoms. The van der Waals surface area contributed by atoms with Crippen molar-refractivity contribution >= 4 is 35.0 Å². The summed E-state index contributed by atoms with van der Waals surface area (Å²) in [6.07, 6.45) is 5.03. The molecule has 0 N–H and O–H groups in total. The number of nitrogens with zero attached hydrogens (tertiary/aromatic N) is 3. The SMILES string of the molecule is CC1CCCC(Sc2nc(Cl)nnc2Cl)C1. The van der Waals surface area contributed by atoms with Crippen molar-refractivity contribution in [1.82, 2.24) is 15.2 Å². The van der Waals surface area contributed by atoms with Crippen molar-refractivity contribution in [2.24, 2.45) is 5.92 Å². The van der Waals surface area contributed by atoms with E-state index in [2.05, 4.69) is 22.1 Å². The number of rotatable bonds is 2. The summed E-state index contributed by atoms with van der Waals surface area (Å²) < 4.78 is 0. The van der Waals surface area contributed by atoms with E-state index < -0.39 is 0 Å². The molecule has 0 saturated heterocycles. The largest absolute Gasteiger partial charge is 0.244 e. The summed E-state index contributed by atoms with van der Waals surface area (Å²) >= 11 is 13.3. The van der Waals surface area contributed by atoms with Crippen LogP contribution in [0.4, 0.5) is 0 Å². The van der Waals surface area contributed by atoms with Crippen molar-refractivity contribution in [2.45, 2.75) is 42.9 Å². The van der Waals surface area contributed by atoms with Gasteiger partial charge in [0.2, 0.25) is 5.28 Å². The highest BCUT2D eigenvalue weighted by Crippen LogP contribution is 2.37. The van der Waals surface area contributed by atoms with E-state index in [-0.39, 0.29) is 5.28 Å². The third-order valence-electron chi connectivity index (χ3n) is 2.76. The Balaban J connectivity index is 2.05. The molecule has 2 rings (SSSR count). The summed E-state index contributed by atoms with van der Waals surface area (Å²) in [5.74, 6) is 0.787. The van der Waals surface area contributed by atoms with Gasteiger partial charge in [-0.1, -0.05) is 43.1 Å². The van der Waals surface area contributed by atoms with E-state index in [0.29, 0.717) is 15.4 Å². The fourth-order valence-electron chi connectivity index (χ4n) is 2.00. The van der Waals surface area contributed by atoms with Crippen LogP contribution < -0.4 is 0 Å². The van der Waals surface area contributed by atoms with Gasteiger partial charge in [-0.25, -0.2) is 4.98 Å². The minimum absolute atomic E-state index is 0.163. The lowest BCUT2D eigenvalue weighted by Gasteiger charge is -2.25. The molecular formula is C10H13Cl2N3S. The van der Waals surface area contributed by atoms with Crippen LogP contribution in [-0.2, 0) is 0 Å². The molecule has 1 aromatic heterocycles. The average molecular weight is 278 g/mol. The van der Waals surface area contributed by atoms with E-state index in [1.165, 1.54) is 25.7 Å². The molecule has 0 aliphatic heterocycles. The highest BCUT2D eigenvalue weighted by Gasteiger charge is 2.21. The van der Waals surface area contributed by atoms with Gasteiger partial charge in [-0.3, -0.25) is 0 Å². The van der Waals surface area contributed by atoms with Gasteiger partial charge in [0.15, 0.2) is 5.15 Å². The van der Waals surface area contributed by atoms with Gasteiger partial charge in [0, 0.05) is 5.25 Å². The molecule has 3 nitrogen and oxygen atoms in total. The van der Waals surface area contributed by atoms with Crippen LogP contribution in [-0.4, -0.2) is 20.4 Å². The fraction of sp³-hybridized carbons (Fsp3) is 0.700. The van der Waals surface area contributed by atoms with E-state index in [0.717, 1.165) is 5.92 Å². The number of aromatic nitrogens is 3. The van der Waals surface area contributed by atoms with Gasteiger partial charge in [-0.15, -0.1) is 10.2 Å². The fourth-order valence-corrected chi connectivity index (χ4v) is 3.69. The smallest absolute Gasteiger partial charge is 0.207 e. The molecule has 1 saturated carbocycles. The molecule has 1 fully saturated rings. The molecule has 2 unspecified atom stereocenters. The van der Waals surface area contributed by atoms with E-state index in [1.54, 1.807) is 11.8 Å². The van der Waals surface area contributed by atoms with Gasteiger partial charge in [0.05, 0.1) is 0 Å². The second-order valence-corrected chi connectivity index (χ2v) is 6.17. The molecule has 2 atom stereocenters. The molecule has 0 aromatic carbocycles. The lowest BCUT2D eigenvalue weighted by molar-refractivity contribution is 0.394. The molecule has 6 heteroatoms. The van der Waals surface area contributed by atoms with E-state index in [4.69, 9.17) is 23.2 Å². The van der Waals surface area contributed by atoms with Crippen LogP contribution in [0.15, 0.2) is 5.03 Å². The van der Waals surface area contributed by atoms with Crippen molar-refractivity contribution in [3.8, 4) is 0 Å². The van der Waals surface area contributed by atoms with E-state index in [1.807, 2.05) is 0 Å². The highest BCUT2D eigenvalue weighted by molar-refractivity contribution is 8.00. The summed E-state index contributed by atoms with van der Waals surface area (Å²) in [5.41, 5.74) is 0. The van der Waals surface area contributed by atoms with Crippen LogP contribution in [0, 0.1) is 5.92 Å². The van der Waals surface area contributed by atoms with E-state index in [9.17, 15) is 0 Å². The summed E-state index contributed by atoms with van der Waals surface area (Å²) in [6.45, 7) is 2.29. The predicted molar refractivity (Wildman–Crippen MR) is 67.1 cm³/mol. The third-order valence-corrected chi connectivity index (χ3v) is 4.55. The van der Waals surface area contributed by atoms with Crippen LogP contribution in [0.25, 0.3) is 0 Å². The maximum absolute atomic E-state index is 5.94. The predicted octanol–water partition coefficient (Wildman–Crippen LogP) is 3.85. The van der Waals surface area contributed by atoms with Crippen LogP contribution in [0.1, 0.15) is 32.6 Å². The van der Waals surface area contributed by atoms with Crippen LogP contribution >= 0.6 is 35.0 Å². The molecular weight excluding hydrogens is 265 g/mol. The molecule has 1 heterocycles. The number of hydrogen-bond acceptors (Lipinski definition) is 4.